The zero-order valence-corrected chi connectivity index (χ0v) is 34.0. The molecule has 0 radical (unpaired) electrons. The van der Waals surface area contributed by atoms with Crippen molar-refractivity contribution in [1.29, 1.82) is 0 Å². The number of hydrogen-bond acceptors (Lipinski definition) is 10. The van der Waals surface area contributed by atoms with Crippen LogP contribution in [0, 0.1) is 24.2 Å². The first kappa shape index (κ1) is 38.5. The van der Waals surface area contributed by atoms with Gasteiger partial charge in [-0.2, -0.15) is 0 Å². The van der Waals surface area contributed by atoms with Gasteiger partial charge in [0.25, 0.3) is 0 Å². The Bertz CT molecular complexity index is 1400. The molecule has 6 aliphatic rings. The van der Waals surface area contributed by atoms with Crippen molar-refractivity contribution in [2.24, 2.45) is 17.3 Å². The summed E-state index contributed by atoms with van der Waals surface area (Å²) in [6.45, 7) is 22.3. The van der Waals surface area contributed by atoms with E-state index in [0.29, 0.717) is 50.6 Å². The predicted molar refractivity (Wildman–Crippen MR) is 186 cm³/mol. The monoisotopic (exact) mass is 814 g/mol. The Morgan fingerprint density at radius 1 is 1.06 bits per heavy atom. The summed E-state index contributed by atoms with van der Waals surface area (Å²) in [5, 5.41) is 12.6. The van der Waals surface area contributed by atoms with Crippen molar-refractivity contribution in [3.8, 4) is 11.5 Å². The van der Waals surface area contributed by atoms with E-state index >= 15 is 0 Å². The number of likely N-dealkylation sites (tertiary alicyclic amines) is 1. The molecule has 50 heavy (non-hydrogen) atoms. The zero-order valence-electron chi connectivity index (χ0n) is 31.8. The number of ether oxygens (including phenoxy) is 7. The zero-order chi connectivity index (χ0) is 36.2. The van der Waals surface area contributed by atoms with Crippen LogP contribution in [0.5, 0.6) is 11.5 Å². The molecule has 1 aromatic carbocycles. The number of benzene rings is 1. The molecule has 2 bridgehead atoms. The van der Waals surface area contributed by atoms with E-state index in [2.05, 4.69) is 52.5 Å². The minimum atomic E-state index is -1.03. The van der Waals surface area contributed by atoms with Gasteiger partial charge in [0.05, 0.1) is 19.8 Å². The predicted octanol–water partition coefficient (Wildman–Crippen LogP) is 2.52. The number of piperidine rings is 1. The molecule has 1 aromatic rings. The van der Waals surface area contributed by atoms with Crippen LogP contribution in [-0.4, -0.2) is 113 Å². The van der Waals surface area contributed by atoms with E-state index in [1.54, 1.807) is 0 Å². The number of alkyl halides is 2. The van der Waals surface area contributed by atoms with Crippen LogP contribution in [0.1, 0.15) is 85.3 Å². The van der Waals surface area contributed by atoms with Crippen molar-refractivity contribution in [2.45, 2.75) is 113 Å². The van der Waals surface area contributed by atoms with Gasteiger partial charge < -0.3 is 9.47 Å². The Kier molecular flexibility index (Phi) is 10.9. The molecule has 2 aliphatic carbocycles. The number of carbonyl (C=O) groups excluding carboxylic acids is 1. The number of nitrogens with zero attached hydrogens (tertiary/aromatic N) is 1. The van der Waals surface area contributed by atoms with Gasteiger partial charge >= 0.3 is 268 Å². The molecular weight excluding hydrogens is 753 g/mol. The van der Waals surface area contributed by atoms with Crippen LogP contribution in [0.15, 0.2) is 12.1 Å². The molecule has 10 nitrogen and oxygen atoms in total. The van der Waals surface area contributed by atoms with E-state index in [-0.39, 0.29) is 33.4 Å². The molecular formula is C39H61INO9-. The molecule has 0 unspecified atom stereocenters. The van der Waals surface area contributed by atoms with Gasteiger partial charge in [0.15, 0.2) is 0 Å². The molecule has 11 heteroatoms. The van der Waals surface area contributed by atoms with Gasteiger partial charge in [0.2, 0.25) is 0 Å². The Hall–Kier alpha value is -1.22. The Labute approximate surface area is 309 Å². The number of aliphatic hydroxyl groups is 1. The topological polar surface area (TPSA) is 105 Å². The normalized spacial score (nSPS) is 34.5. The first-order valence-electron chi connectivity index (χ1n) is 18.7. The number of hydrogen-bond donors (Lipinski definition) is 1. The molecule has 4 aliphatic heterocycles. The molecule has 1 N–H and O–H groups in total. The van der Waals surface area contributed by atoms with Crippen molar-refractivity contribution in [2.75, 3.05) is 70.9 Å². The van der Waals surface area contributed by atoms with Gasteiger partial charge in [-0.15, -0.1) is 0 Å². The molecule has 5 fully saturated rings. The van der Waals surface area contributed by atoms with Crippen molar-refractivity contribution in [3.05, 3.63) is 23.3 Å². The van der Waals surface area contributed by atoms with Crippen LogP contribution in [0.3, 0.4) is 0 Å². The van der Waals surface area contributed by atoms with Crippen LogP contribution in [0.4, 0.5) is 4.79 Å². The third kappa shape index (κ3) is 5.91. The average molecular weight is 815 g/mol. The number of fused-ring (bicyclic) bond motifs is 3. The summed E-state index contributed by atoms with van der Waals surface area (Å²) in [6, 6.07) is 4.22. The molecule has 3 saturated heterocycles. The summed E-state index contributed by atoms with van der Waals surface area (Å²) in [7, 11) is 1.82. The quantitative estimate of drug-likeness (QED) is 0.0935. The summed E-state index contributed by atoms with van der Waals surface area (Å²) >= 11 is -0.405. The fourth-order valence-electron chi connectivity index (χ4n) is 9.87. The Morgan fingerprint density at radius 2 is 1.72 bits per heavy atom. The molecule has 2 spiro atoms. The number of carbonyl (C=O) groups is 1. The van der Waals surface area contributed by atoms with Gasteiger partial charge in [0, 0.05) is 6.61 Å². The molecule has 7 rings (SSSR count). The van der Waals surface area contributed by atoms with E-state index in [9.17, 15) is 9.90 Å². The molecule has 0 amide bonds. The minimum absolute atomic E-state index is 0.0621. The third-order valence-corrected chi connectivity index (χ3v) is 18.4. The first-order chi connectivity index (χ1) is 23.7. The van der Waals surface area contributed by atoms with E-state index in [0.717, 1.165) is 47.4 Å². The number of aryl methyl sites for hydroxylation is 1. The standard InChI is InChI=1S/C39H61INO9/c1-10-45-17-18-46-19-20-47-21-22-48-33(42)49-29-14-11-26(2)31-32(29)50-36(8)37(31)15-16-41(24-28-12-13-28)27(3)38(37)23-30(35(7,43)34(4,5)6)39(36,44-9)25-40-38/h11,14,27-28,30,43H,10,12-13,15-25H2,1-9H3/q-1/t27-,30-,35+,36+,37+,38+,39-/m1/s1. The number of rotatable bonds is 15. The molecule has 4 heterocycles. The number of methoxy groups -OCH3 is 1. The molecule has 7 atom stereocenters. The van der Waals surface area contributed by atoms with E-state index < -0.39 is 44.2 Å². The Balaban J connectivity index is 1.30. The van der Waals surface area contributed by atoms with Crippen LogP contribution in [-0.2, 0) is 29.1 Å². The fourth-order valence-corrected chi connectivity index (χ4v) is 16.2. The van der Waals surface area contributed by atoms with Gasteiger partial charge in [-0.1, -0.05) is 0 Å². The van der Waals surface area contributed by atoms with Crippen LogP contribution in [0.2, 0.25) is 0 Å². The summed E-state index contributed by atoms with van der Waals surface area (Å²) in [6.07, 6.45) is 3.66. The van der Waals surface area contributed by atoms with Crippen LogP contribution in [0.25, 0.3) is 0 Å². The van der Waals surface area contributed by atoms with E-state index in [4.69, 9.17) is 33.2 Å². The van der Waals surface area contributed by atoms with Gasteiger partial charge in [0.1, 0.15) is 0 Å². The van der Waals surface area contributed by atoms with E-state index in [1.165, 1.54) is 12.8 Å². The SMILES string of the molecule is CCOCCOCCOCCOC(=O)Oc1ccc(C)c2c1O[C@@]1(C)[C@]23CCN(CC2CC2)[C@H](C)[C@@]32C[C@H]([C@](C)(O)C(C)(C)C)[C@]1(OC)C[I-]2. The van der Waals surface area contributed by atoms with Gasteiger partial charge in [-0.3, -0.25) is 0 Å². The second-order valence-corrected chi connectivity index (χ2v) is 19.9. The maximum absolute atomic E-state index is 13.1. The summed E-state index contributed by atoms with van der Waals surface area (Å²) in [5.41, 5.74) is -1.02. The summed E-state index contributed by atoms with van der Waals surface area (Å²) in [5.74, 6) is 1.63. The second kappa shape index (κ2) is 14.2. The number of halogens is 1. The van der Waals surface area contributed by atoms with Crippen LogP contribution >= 0.6 is 0 Å². The Morgan fingerprint density at radius 3 is 2.34 bits per heavy atom. The fraction of sp³-hybridized carbons (Fsp3) is 0.821. The summed E-state index contributed by atoms with van der Waals surface area (Å²) < 4.78 is 42.7. The maximum atomic E-state index is 13.1. The molecule has 0 aromatic heterocycles. The van der Waals surface area contributed by atoms with Gasteiger partial charge in [-0.25, -0.2) is 0 Å². The average Bonchev–Trinajstić information content (AvgIpc) is 3.84. The molecule has 284 valence electrons. The third-order valence-electron chi connectivity index (χ3n) is 13.3. The first-order valence-corrected chi connectivity index (χ1v) is 21.3. The van der Waals surface area contributed by atoms with Crippen LogP contribution < -0.4 is 30.7 Å². The van der Waals surface area contributed by atoms with Crippen molar-refractivity contribution >= 4 is 6.16 Å². The summed E-state index contributed by atoms with van der Waals surface area (Å²) in [4.78, 5) is 15.9. The van der Waals surface area contributed by atoms with Crippen molar-refractivity contribution in [3.63, 3.8) is 0 Å². The van der Waals surface area contributed by atoms with Crippen molar-refractivity contribution < 1.29 is 64.3 Å². The second-order valence-electron chi connectivity index (χ2n) is 16.5. The molecule has 2 saturated carbocycles. The van der Waals surface area contributed by atoms with Crippen molar-refractivity contribution in [1.82, 2.24) is 4.90 Å². The van der Waals surface area contributed by atoms with Gasteiger partial charge in [-0.05, 0) is 6.92 Å². The van der Waals surface area contributed by atoms with E-state index in [1.807, 2.05) is 27.0 Å².